The number of benzene rings is 1. The predicted octanol–water partition coefficient (Wildman–Crippen LogP) is 2.96. The largest absolute Gasteiger partial charge is 0.508 e. The van der Waals surface area contributed by atoms with E-state index in [-0.39, 0.29) is 22.6 Å². The van der Waals surface area contributed by atoms with Gasteiger partial charge < -0.3 is 10.2 Å². The minimum atomic E-state index is -0.723. The molecule has 1 aromatic rings. The molecule has 1 aliphatic carbocycles. The third kappa shape index (κ3) is 2.13. The predicted molar refractivity (Wildman–Crippen MR) is 75.8 cm³/mol. The summed E-state index contributed by atoms with van der Waals surface area (Å²) < 4.78 is 0. The number of phenols is 1. The number of allylic oxidation sites excluding steroid dienone is 3. The van der Waals surface area contributed by atoms with Crippen LogP contribution in [-0.2, 0) is 11.2 Å². The molecule has 1 aliphatic rings. The number of ketones is 2. The van der Waals surface area contributed by atoms with E-state index in [0.29, 0.717) is 17.5 Å². The Hall–Kier alpha value is -2.36. The third-order valence-electron chi connectivity index (χ3n) is 3.39. The van der Waals surface area contributed by atoms with E-state index >= 15 is 0 Å². The lowest BCUT2D eigenvalue weighted by Crippen LogP contribution is -2.24. The smallest absolute Gasteiger partial charge is 0.234 e. The van der Waals surface area contributed by atoms with Crippen molar-refractivity contribution >= 4 is 17.3 Å². The number of rotatable bonds is 2. The van der Waals surface area contributed by atoms with E-state index < -0.39 is 11.6 Å². The van der Waals surface area contributed by atoms with Gasteiger partial charge in [-0.05, 0) is 39.3 Å². The van der Waals surface area contributed by atoms with Crippen LogP contribution in [0.4, 0.5) is 0 Å². The molecular weight excluding hydrogens is 256 g/mol. The molecule has 0 spiro atoms. The molecule has 2 N–H and O–H groups in total. The van der Waals surface area contributed by atoms with Crippen LogP contribution in [0.3, 0.4) is 0 Å². The molecule has 2 rings (SSSR count). The first-order chi connectivity index (χ1) is 9.34. The summed E-state index contributed by atoms with van der Waals surface area (Å²) in [6.45, 7) is 5.23. The van der Waals surface area contributed by atoms with Gasteiger partial charge in [0.25, 0.3) is 0 Å². The molecular formula is C16H16O4. The van der Waals surface area contributed by atoms with Crippen molar-refractivity contribution < 1.29 is 19.8 Å². The van der Waals surface area contributed by atoms with Gasteiger partial charge in [0.2, 0.25) is 11.6 Å². The Morgan fingerprint density at radius 2 is 1.80 bits per heavy atom. The van der Waals surface area contributed by atoms with Gasteiger partial charge in [-0.15, -0.1) is 0 Å². The molecule has 0 unspecified atom stereocenters. The summed E-state index contributed by atoms with van der Waals surface area (Å²) in [5.41, 5.74) is 1.87. The highest BCUT2D eigenvalue weighted by Crippen LogP contribution is 2.34. The zero-order valence-corrected chi connectivity index (χ0v) is 11.7. The summed E-state index contributed by atoms with van der Waals surface area (Å²) in [5.74, 6) is -1.64. The SMILES string of the molecule is CC(C)=CCc1c(O)ccc2c1C(=O)C(=O)C(C)=C2O. The molecule has 104 valence electrons. The molecule has 0 saturated carbocycles. The molecule has 0 atom stereocenters. The first kappa shape index (κ1) is 14.1. The van der Waals surface area contributed by atoms with E-state index in [4.69, 9.17) is 0 Å². The van der Waals surface area contributed by atoms with Crippen molar-refractivity contribution in [2.75, 3.05) is 0 Å². The quantitative estimate of drug-likeness (QED) is 0.641. The molecule has 0 aromatic heterocycles. The Bertz CT molecular complexity index is 674. The van der Waals surface area contributed by atoms with E-state index in [1.807, 2.05) is 19.9 Å². The fourth-order valence-electron chi connectivity index (χ4n) is 2.20. The number of fused-ring (bicyclic) bond motifs is 1. The summed E-state index contributed by atoms with van der Waals surface area (Å²) in [7, 11) is 0. The van der Waals surface area contributed by atoms with E-state index in [0.717, 1.165) is 5.57 Å². The molecule has 4 heteroatoms. The molecule has 1 aromatic carbocycles. The summed E-state index contributed by atoms with van der Waals surface area (Å²) >= 11 is 0. The molecule has 0 amide bonds. The van der Waals surface area contributed by atoms with E-state index in [2.05, 4.69) is 0 Å². The van der Waals surface area contributed by atoms with Crippen LogP contribution in [0.2, 0.25) is 0 Å². The molecule has 0 radical (unpaired) electrons. The topological polar surface area (TPSA) is 74.6 Å². The van der Waals surface area contributed by atoms with Crippen molar-refractivity contribution in [3.63, 3.8) is 0 Å². The monoisotopic (exact) mass is 272 g/mol. The molecule has 4 nitrogen and oxygen atoms in total. The number of phenolic OH excluding ortho intramolecular Hbond substituents is 1. The van der Waals surface area contributed by atoms with Gasteiger partial charge in [0, 0.05) is 22.3 Å². The fraction of sp³-hybridized carbons (Fsp3) is 0.250. The number of hydrogen-bond donors (Lipinski definition) is 2. The highest BCUT2D eigenvalue weighted by molar-refractivity contribution is 6.52. The Morgan fingerprint density at radius 1 is 1.15 bits per heavy atom. The highest BCUT2D eigenvalue weighted by Gasteiger charge is 2.33. The maximum absolute atomic E-state index is 12.2. The molecule has 0 aliphatic heterocycles. The Kier molecular flexibility index (Phi) is 3.49. The number of aliphatic hydroxyl groups excluding tert-OH is 1. The Labute approximate surface area is 117 Å². The van der Waals surface area contributed by atoms with Crippen LogP contribution in [0.25, 0.3) is 5.76 Å². The molecule has 0 heterocycles. The van der Waals surface area contributed by atoms with Crippen molar-refractivity contribution in [3.8, 4) is 5.75 Å². The maximum atomic E-state index is 12.2. The van der Waals surface area contributed by atoms with Crippen LogP contribution >= 0.6 is 0 Å². The van der Waals surface area contributed by atoms with Crippen LogP contribution in [0.5, 0.6) is 5.75 Å². The van der Waals surface area contributed by atoms with Crippen LogP contribution in [-0.4, -0.2) is 21.8 Å². The van der Waals surface area contributed by atoms with Gasteiger partial charge >= 0.3 is 0 Å². The van der Waals surface area contributed by atoms with Gasteiger partial charge in [0.1, 0.15) is 11.5 Å². The summed E-state index contributed by atoms with van der Waals surface area (Å²) in [5, 5.41) is 20.0. The number of carbonyl (C=O) groups is 2. The van der Waals surface area contributed by atoms with Crippen molar-refractivity contribution in [2.24, 2.45) is 0 Å². The van der Waals surface area contributed by atoms with Crippen molar-refractivity contribution in [2.45, 2.75) is 27.2 Å². The zero-order chi connectivity index (χ0) is 15.0. The first-order valence-corrected chi connectivity index (χ1v) is 6.32. The van der Waals surface area contributed by atoms with Gasteiger partial charge in [-0.2, -0.15) is 0 Å². The first-order valence-electron chi connectivity index (χ1n) is 6.32. The minimum Gasteiger partial charge on any atom is -0.508 e. The van der Waals surface area contributed by atoms with E-state index in [9.17, 15) is 19.8 Å². The van der Waals surface area contributed by atoms with Gasteiger partial charge in [0.05, 0.1) is 0 Å². The standard InChI is InChI=1S/C16H16O4/c1-8(2)4-5-10-12(17)7-6-11-13(10)16(20)15(19)9(3)14(11)18/h4,6-7,17-18H,5H2,1-3H3. The molecule has 0 bridgehead atoms. The second-order valence-electron chi connectivity index (χ2n) is 5.10. The average molecular weight is 272 g/mol. The number of aliphatic hydroxyl groups is 1. The Balaban J connectivity index is 2.71. The van der Waals surface area contributed by atoms with Crippen LogP contribution in [0.1, 0.15) is 42.3 Å². The lowest BCUT2D eigenvalue weighted by molar-refractivity contribution is -0.111. The number of carbonyl (C=O) groups excluding carboxylic acids is 2. The number of hydrogen-bond acceptors (Lipinski definition) is 4. The maximum Gasteiger partial charge on any atom is 0.234 e. The van der Waals surface area contributed by atoms with E-state index in [1.54, 1.807) is 0 Å². The fourth-order valence-corrected chi connectivity index (χ4v) is 2.20. The van der Waals surface area contributed by atoms with Crippen molar-refractivity contribution in [3.05, 3.63) is 46.0 Å². The minimum absolute atomic E-state index is 0.0429. The zero-order valence-electron chi connectivity index (χ0n) is 11.7. The summed E-state index contributed by atoms with van der Waals surface area (Å²) in [6, 6.07) is 2.89. The van der Waals surface area contributed by atoms with Gasteiger partial charge in [0.15, 0.2) is 0 Å². The number of aromatic hydroxyl groups is 1. The van der Waals surface area contributed by atoms with Crippen molar-refractivity contribution in [1.29, 1.82) is 0 Å². The van der Waals surface area contributed by atoms with Crippen molar-refractivity contribution in [1.82, 2.24) is 0 Å². The van der Waals surface area contributed by atoms with Gasteiger partial charge in [-0.3, -0.25) is 9.59 Å². The second kappa shape index (κ2) is 4.96. The van der Waals surface area contributed by atoms with Crippen LogP contribution in [0.15, 0.2) is 29.4 Å². The number of Topliss-reactive ketones (excluding diaryl/α,β-unsaturated/α-hetero) is 2. The third-order valence-corrected chi connectivity index (χ3v) is 3.39. The second-order valence-corrected chi connectivity index (χ2v) is 5.10. The average Bonchev–Trinajstić information content (AvgIpc) is 2.40. The molecule has 0 fully saturated rings. The summed E-state index contributed by atoms with van der Waals surface area (Å²) in [6.07, 6.45) is 2.19. The van der Waals surface area contributed by atoms with E-state index in [1.165, 1.54) is 19.1 Å². The normalized spacial score (nSPS) is 14.3. The van der Waals surface area contributed by atoms with Gasteiger partial charge in [-0.1, -0.05) is 11.6 Å². The summed E-state index contributed by atoms with van der Waals surface area (Å²) in [4.78, 5) is 24.0. The molecule has 0 saturated heterocycles. The highest BCUT2D eigenvalue weighted by atomic mass is 16.3. The van der Waals surface area contributed by atoms with Crippen LogP contribution < -0.4 is 0 Å². The Morgan fingerprint density at radius 3 is 2.40 bits per heavy atom. The molecule has 20 heavy (non-hydrogen) atoms. The van der Waals surface area contributed by atoms with Gasteiger partial charge in [-0.25, -0.2) is 0 Å². The lowest BCUT2D eigenvalue weighted by atomic mass is 9.84. The van der Waals surface area contributed by atoms with Crippen LogP contribution in [0, 0.1) is 0 Å². The lowest BCUT2D eigenvalue weighted by Gasteiger charge is -2.19.